The first-order valence-electron chi connectivity index (χ1n) is 12.3. The molecule has 0 unspecified atom stereocenters. The number of aliphatic carboxylic acids is 1. The zero-order valence-electron chi connectivity index (χ0n) is 21.2. The zero-order valence-corrected chi connectivity index (χ0v) is 22.0. The second-order valence-corrected chi connectivity index (χ2v) is 9.72. The molecular formula is C27H34N4O5S. The minimum atomic E-state index is -0.833. The number of nitrogen functional groups attached to an aromatic ring is 1. The van der Waals surface area contributed by atoms with Gasteiger partial charge in [-0.25, -0.2) is 4.98 Å². The predicted octanol–water partition coefficient (Wildman–Crippen LogP) is 4.92. The van der Waals surface area contributed by atoms with Gasteiger partial charge in [-0.15, -0.1) is 0 Å². The van der Waals surface area contributed by atoms with Crippen LogP contribution in [0.5, 0.6) is 11.5 Å². The first-order chi connectivity index (χ1) is 17.8. The number of carbonyl (C=O) groups excluding carboxylic acids is 1. The Kier molecular flexibility index (Phi) is 10.3. The number of nitrogens with zero attached hydrogens (tertiary/aromatic N) is 2. The van der Waals surface area contributed by atoms with Gasteiger partial charge in [0.05, 0.1) is 0 Å². The van der Waals surface area contributed by atoms with Crippen LogP contribution in [0, 0.1) is 0 Å². The van der Waals surface area contributed by atoms with Crippen LogP contribution in [0.3, 0.4) is 0 Å². The Morgan fingerprint density at radius 3 is 2.49 bits per heavy atom. The van der Waals surface area contributed by atoms with Crippen LogP contribution in [0.2, 0.25) is 0 Å². The van der Waals surface area contributed by atoms with Crippen LogP contribution >= 0.6 is 11.3 Å². The maximum absolute atomic E-state index is 13.0. The van der Waals surface area contributed by atoms with Crippen LogP contribution in [-0.2, 0) is 11.2 Å². The van der Waals surface area contributed by atoms with Crippen molar-refractivity contribution < 1.29 is 24.5 Å². The van der Waals surface area contributed by atoms with Gasteiger partial charge >= 0.3 is 0 Å². The summed E-state index contributed by atoms with van der Waals surface area (Å²) < 4.78 is 5.85. The number of carboxylic acid groups (broad SMARTS) is 1. The summed E-state index contributed by atoms with van der Waals surface area (Å²) in [4.78, 5) is 29.1. The maximum atomic E-state index is 13.0. The van der Waals surface area contributed by atoms with Crippen molar-refractivity contribution in [2.24, 2.45) is 0 Å². The first kappa shape index (κ1) is 27.9. The number of aromatic nitrogens is 1. The molecule has 37 heavy (non-hydrogen) atoms. The van der Waals surface area contributed by atoms with Crippen molar-refractivity contribution in [3.05, 3.63) is 58.5 Å². The number of nitrogens with one attached hydrogen (secondary N) is 1. The smallest absolute Gasteiger partial charge is 0.300 e. The highest BCUT2D eigenvalue weighted by Gasteiger charge is 2.19. The van der Waals surface area contributed by atoms with Gasteiger partial charge in [0, 0.05) is 24.7 Å². The molecule has 2 aromatic carbocycles. The number of aromatic hydroxyl groups is 1. The number of ether oxygens (including phenoxy) is 1. The van der Waals surface area contributed by atoms with E-state index in [0.717, 1.165) is 36.9 Å². The summed E-state index contributed by atoms with van der Waals surface area (Å²) in [7, 11) is 0. The number of carboxylic acids is 1. The standard InChI is InChI=1S/C25H30N4O3S.C2H4O2/c1-2-5-17-16-18(6-11-21(17)30)22(31)23-24(26)28-25(33-23)27-19-7-9-20(10-8-19)32-15-14-29-12-3-4-13-29;1-2(3)4/h6-11,16,30H,2-5,12-15,26H2,1H3,(H,27,28);1H3,(H,3,4). The molecule has 0 spiro atoms. The van der Waals surface area contributed by atoms with E-state index in [9.17, 15) is 9.90 Å². The number of phenolic OH excluding ortho intramolecular Hbond substituents is 1. The van der Waals surface area contributed by atoms with Crippen LogP contribution in [-0.4, -0.2) is 58.1 Å². The lowest BCUT2D eigenvalue weighted by atomic mass is 10.0. The molecule has 1 aliphatic rings. The molecule has 0 atom stereocenters. The Bertz CT molecular complexity index is 1190. The second-order valence-electron chi connectivity index (χ2n) is 8.72. The number of hydrogen-bond donors (Lipinski definition) is 4. The summed E-state index contributed by atoms with van der Waals surface area (Å²) in [6, 6.07) is 12.6. The van der Waals surface area contributed by atoms with Crippen LogP contribution in [0.25, 0.3) is 0 Å². The molecular weight excluding hydrogens is 492 g/mol. The number of benzene rings is 2. The van der Waals surface area contributed by atoms with E-state index in [1.54, 1.807) is 18.2 Å². The topological polar surface area (TPSA) is 138 Å². The van der Waals surface area contributed by atoms with Gasteiger partial charge < -0.3 is 26.0 Å². The van der Waals surface area contributed by atoms with Gasteiger partial charge in [0.2, 0.25) is 5.78 Å². The second kappa shape index (κ2) is 13.6. The fourth-order valence-electron chi connectivity index (χ4n) is 3.93. The minimum Gasteiger partial charge on any atom is -0.508 e. The minimum absolute atomic E-state index is 0.194. The van der Waals surface area contributed by atoms with Gasteiger partial charge in [0.25, 0.3) is 5.97 Å². The van der Waals surface area contributed by atoms with Crippen molar-refractivity contribution in [3.8, 4) is 11.5 Å². The summed E-state index contributed by atoms with van der Waals surface area (Å²) in [5.41, 5.74) is 8.14. The molecule has 5 N–H and O–H groups in total. The van der Waals surface area contributed by atoms with E-state index in [2.05, 4.69) is 15.2 Å². The molecule has 198 valence electrons. The number of thiazole rings is 1. The molecule has 0 amide bonds. The normalized spacial score (nSPS) is 13.0. The SMILES string of the molecule is CC(=O)O.CCCc1cc(C(=O)c2sc(Nc3ccc(OCCN4CCCC4)cc3)nc2N)ccc1O. The highest BCUT2D eigenvalue weighted by Crippen LogP contribution is 2.31. The number of ketones is 1. The molecule has 0 aliphatic carbocycles. The van der Waals surface area contributed by atoms with Crippen LogP contribution in [0.1, 0.15) is 53.9 Å². The quantitative estimate of drug-likeness (QED) is 0.271. The first-order valence-corrected chi connectivity index (χ1v) is 13.1. The third-order valence-electron chi connectivity index (χ3n) is 5.70. The summed E-state index contributed by atoms with van der Waals surface area (Å²) in [5.74, 6) is 0.192. The Morgan fingerprint density at radius 2 is 1.84 bits per heavy atom. The van der Waals surface area contributed by atoms with Crippen molar-refractivity contribution in [1.29, 1.82) is 0 Å². The average Bonchev–Trinajstić information content (AvgIpc) is 3.50. The van der Waals surface area contributed by atoms with Gasteiger partial charge in [-0.2, -0.15) is 0 Å². The van der Waals surface area contributed by atoms with E-state index in [4.69, 9.17) is 20.4 Å². The number of carbonyl (C=O) groups is 2. The lowest BCUT2D eigenvalue weighted by Crippen LogP contribution is -2.25. The molecule has 1 aliphatic heterocycles. The summed E-state index contributed by atoms with van der Waals surface area (Å²) in [6.45, 7) is 7.08. The number of hydrogen-bond acceptors (Lipinski definition) is 9. The largest absolute Gasteiger partial charge is 0.508 e. The molecule has 1 saturated heterocycles. The van der Waals surface area contributed by atoms with E-state index < -0.39 is 5.97 Å². The fraction of sp³-hybridized carbons (Fsp3) is 0.370. The lowest BCUT2D eigenvalue weighted by Gasteiger charge is -2.15. The van der Waals surface area contributed by atoms with Crippen molar-refractivity contribution in [2.75, 3.05) is 37.3 Å². The van der Waals surface area contributed by atoms with Gasteiger partial charge in [-0.3, -0.25) is 14.5 Å². The zero-order chi connectivity index (χ0) is 26.8. The molecule has 2 heterocycles. The molecule has 3 aromatic rings. The number of aryl methyl sites for hydroxylation is 1. The monoisotopic (exact) mass is 526 g/mol. The highest BCUT2D eigenvalue weighted by atomic mass is 32.1. The Labute approximate surface area is 220 Å². The Hall–Kier alpha value is -3.63. The molecule has 10 heteroatoms. The number of anilines is 3. The van der Waals surface area contributed by atoms with Crippen LogP contribution in [0.15, 0.2) is 42.5 Å². The summed E-state index contributed by atoms with van der Waals surface area (Å²) in [5, 5.41) is 21.2. The van der Waals surface area contributed by atoms with Crippen LogP contribution < -0.4 is 15.8 Å². The summed E-state index contributed by atoms with van der Waals surface area (Å²) >= 11 is 1.22. The fourth-order valence-corrected chi connectivity index (χ4v) is 4.80. The number of phenols is 1. The van der Waals surface area contributed by atoms with Gasteiger partial charge in [-0.05, 0) is 80.4 Å². The third-order valence-corrected chi connectivity index (χ3v) is 6.69. The van der Waals surface area contributed by atoms with E-state index in [-0.39, 0.29) is 17.4 Å². The van der Waals surface area contributed by atoms with Crippen molar-refractivity contribution in [3.63, 3.8) is 0 Å². The van der Waals surface area contributed by atoms with Crippen molar-refractivity contribution in [2.45, 2.75) is 39.5 Å². The van der Waals surface area contributed by atoms with E-state index >= 15 is 0 Å². The van der Waals surface area contributed by atoms with E-state index in [0.29, 0.717) is 28.6 Å². The molecule has 1 fully saturated rings. The Morgan fingerprint density at radius 1 is 1.16 bits per heavy atom. The maximum Gasteiger partial charge on any atom is 0.300 e. The van der Waals surface area contributed by atoms with Gasteiger partial charge in [0.1, 0.15) is 28.8 Å². The molecule has 0 saturated carbocycles. The number of likely N-dealkylation sites (tertiary alicyclic amines) is 1. The molecule has 0 bridgehead atoms. The third kappa shape index (κ3) is 8.47. The molecule has 0 radical (unpaired) electrons. The van der Waals surface area contributed by atoms with Crippen molar-refractivity contribution in [1.82, 2.24) is 9.88 Å². The molecule has 9 nitrogen and oxygen atoms in total. The Balaban J connectivity index is 0.000000886. The van der Waals surface area contributed by atoms with E-state index in [1.165, 1.54) is 37.3 Å². The van der Waals surface area contributed by atoms with E-state index in [1.807, 2.05) is 31.2 Å². The predicted molar refractivity (Wildman–Crippen MR) is 146 cm³/mol. The van der Waals surface area contributed by atoms with Crippen molar-refractivity contribution >= 4 is 39.7 Å². The van der Waals surface area contributed by atoms with Gasteiger partial charge in [0.15, 0.2) is 5.13 Å². The number of rotatable bonds is 10. The van der Waals surface area contributed by atoms with Gasteiger partial charge in [-0.1, -0.05) is 24.7 Å². The average molecular weight is 527 g/mol. The highest BCUT2D eigenvalue weighted by molar-refractivity contribution is 7.18. The number of nitrogens with two attached hydrogens (primary N) is 1. The molecule has 1 aromatic heterocycles. The molecule has 4 rings (SSSR count). The summed E-state index contributed by atoms with van der Waals surface area (Å²) in [6.07, 6.45) is 4.15. The lowest BCUT2D eigenvalue weighted by molar-refractivity contribution is -0.134. The van der Waals surface area contributed by atoms with Crippen LogP contribution in [0.4, 0.5) is 16.6 Å².